The minimum Gasteiger partial charge on any atom is -0.478 e. The van der Waals surface area contributed by atoms with Crippen LogP contribution in [0.5, 0.6) is 0 Å². The molecule has 0 radical (unpaired) electrons. The minimum atomic E-state index is -1.66. The van der Waals surface area contributed by atoms with Crippen molar-refractivity contribution >= 4 is 11.9 Å². The Bertz CT molecular complexity index is 948. The first-order chi connectivity index (χ1) is 16.5. The quantitative estimate of drug-likeness (QED) is 0.175. The van der Waals surface area contributed by atoms with Crippen molar-refractivity contribution in [3.05, 3.63) is 83.1 Å². The van der Waals surface area contributed by atoms with Crippen LogP contribution in [0.25, 0.3) is 0 Å². The third-order valence-corrected chi connectivity index (χ3v) is 4.97. The van der Waals surface area contributed by atoms with Crippen LogP contribution in [0.4, 0.5) is 0 Å². The van der Waals surface area contributed by atoms with E-state index in [9.17, 15) is 30.0 Å². The van der Waals surface area contributed by atoms with Crippen LogP contribution in [-0.4, -0.2) is 74.8 Å². The Morgan fingerprint density at radius 2 is 1.29 bits per heavy atom. The summed E-state index contributed by atoms with van der Waals surface area (Å²) in [4.78, 5) is 23.0. The fourth-order valence-corrected chi connectivity index (χ4v) is 2.72. The van der Waals surface area contributed by atoms with E-state index in [0.29, 0.717) is 0 Å². The molecule has 1 aliphatic rings. The molecule has 5 atom stereocenters. The van der Waals surface area contributed by atoms with Gasteiger partial charge in [-0.25, -0.2) is 9.59 Å². The summed E-state index contributed by atoms with van der Waals surface area (Å²) < 4.78 is 10.2. The summed E-state index contributed by atoms with van der Waals surface area (Å²) >= 11 is 0. The van der Waals surface area contributed by atoms with Crippen molar-refractivity contribution in [3.8, 4) is 0 Å². The van der Waals surface area contributed by atoms with E-state index in [4.69, 9.17) is 14.6 Å². The van der Waals surface area contributed by atoms with Crippen LogP contribution in [0, 0.1) is 0 Å². The van der Waals surface area contributed by atoms with Gasteiger partial charge in [0.25, 0.3) is 0 Å². The van der Waals surface area contributed by atoms with E-state index in [2.05, 4.69) is 0 Å². The van der Waals surface area contributed by atoms with Gasteiger partial charge in [-0.2, -0.15) is 0 Å². The Hall–Kier alpha value is -3.08. The molecule has 0 aromatic rings. The van der Waals surface area contributed by atoms with Crippen LogP contribution in [0.1, 0.15) is 27.7 Å². The number of rotatable bonds is 10. The van der Waals surface area contributed by atoms with Crippen LogP contribution in [-0.2, 0) is 19.1 Å². The van der Waals surface area contributed by atoms with E-state index in [1.807, 2.05) is 38.2 Å². The van der Waals surface area contributed by atoms with E-state index in [1.54, 1.807) is 24.3 Å². The second-order valence-electron chi connectivity index (χ2n) is 8.03. The number of carboxylic acid groups (broad SMARTS) is 1. The molecule has 192 valence electrons. The molecule has 0 aromatic carbocycles. The van der Waals surface area contributed by atoms with Crippen LogP contribution in [0.2, 0.25) is 0 Å². The highest BCUT2D eigenvalue weighted by Gasteiger charge is 2.45. The van der Waals surface area contributed by atoms with Gasteiger partial charge in [-0.15, -0.1) is 0 Å². The lowest BCUT2D eigenvalue weighted by molar-refractivity contribution is -0.291. The number of ether oxygens (including phenoxy) is 2. The molecule has 0 aliphatic carbocycles. The Morgan fingerprint density at radius 1 is 0.771 bits per heavy atom. The maximum Gasteiger partial charge on any atom is 0.336 e. The van der Waals surface area contributed by atoms with Crippen LogP contribution >= 0.6 is 0 Å². The SMILES string of the molecule is CC(C=CC=C(C)C(=O)O)=CC=CC=C(C)C=CC=C(C)C(=O)O[C@@H]1O[C@H](CO)[C@@H](O)[C@H](O)[C@H]1O. The van der Waals surface area contributed by atoms with Gasteiger partial charge < -0.3 is 35.0 Å². The second kappa shape index (κ2) is 15.0. The molecule has 1 rings (SSSR count). The number of carbonyl (C=O) groups is 2. The normalized spacial score (nSPS) is 27.3. The van der Waals surface area contributed by atoms with E-state index in [1.165, 1.54) is 26.0 Å². The molecule has 1 fully saturated rings. The summed E-state index contributed by atoms with van der Waals surface area (Å²) in [6.07, 6.45) is 9.79. The summed E-state index contributed by atoms with van der Waals surface area (Å²) in [5.74, 6) is -1.75. The molecule has 9 heteroatoms. The Labute approximate surface area is 205 Å². The van der Waals surface area contributed by atoms with Gasteiger partial charge in [0, 0.05) is 11.1 Å². The molecule has 5 N–H and O–H groups in total. The maximum atomic E-state index is 12.2. The largest absolute Gasteiger partial charge is 0.478 e. The van der Waals surface area contributed by atoms with Crippen molar-refractivity contribution in [3.63, 3.8) is 0 Å². The Balaban J connectivity index is 2.64. The lowest BCUT2D eigenvalue weighted by atomic mass is 9.99. The molecule has 0 bridgehead atoms. The molecule has 1 aliphatic heterocycles. The number of aliphatic carboxylic acids is 1. The van der Waals surface area contributed by atoms with Crippen molar-refractivity contribution in [1.82, 2.24) is 0 Å². The number of esters is 1. The summed E-state index contributed by atoms with van der Waals surface area (Å²) in [7, 11) is 0. The van der Waals surface area contributed by atoms with Gasteiger partial charge in [-0.3, -0.25) is 0 Å². The predicted molar refractivity (Wildman–Crippen MR) is 130 cm³/mol. The standard InChI is InChI=1S/C26H34O9/c1-16(11-7-13-18(3)24(31)32)9-5-6-10-17(2)12-8-14-19(4)25(33)35-26-23(30)22(29)21(28)20(15-27)34-26/h5-14,20-23,26-30H,15H2,1-4H3,(H,31,32)/t20-,21-,22+,23-,26+/m1/s1. The fourth-order valence-electron chi connectivity index (χ4n) is 2.72. The topological polar surface area (TPSA) is 154 Å². The lowest BCUT2D eigenvalue weighted by Crippen LogP contribution is -2.59. The highest BCUT2D eigenvalue weighted by atomic mass is 16.7. The molecule has 0 unspecified atom stereocenters. The molecule has 0 saturated carbocycles. The molecule has 0 spiro atoms. The molecule has 0 amide bonds. The molecular weight excluding hydrogens is 456 g/mol. The number of hydrogen-bond acceptors (Lipinski definition) is 8. The van der Waals surface area contributed by atoms with Crippen molar-refractivity contribution < 1.29 is 44.6 Å². The van der Waals surface area contributed by atoms with Crippen molar-refractivity contribution in [2.45, 2.75) is 58.4 Å². The number of carboxylic acids is 1. The van der Waals surface area contributed by atoms with Gasteiger partial charge in [0.2, 0.25) is 6.29 Å². The monoisotopic (exact) mass is 490 g/mol. The van der Waals surface area contributed by atoms with Gasteiger partial charge in [-0.05, 0) is 27.7 Å². The minimum absolute atomic E-state index is 0.207. The number of aliphatic hydroxyl groups is 4. The van der Waals surface area contributed by atoms with Gasteiger partial charge in [0.1, 0.15) is 24.4 Å². The van der Waals surface area contributed by atoms with Crippen LogP contribution < -0.4 is 0 Å². The average molecular weight is 491 g/mol. The van der Waals surface area contributed by atoms with Crippen molar-refractivity contribution in [2.24, 2.45) is 0 Å². The summed E-state index contributed by atoms with van der Waals surface area (Å²) in [6, 6.07) is 0. The zero-order chi connectivity index (χ0) is 26.5. The number of allylic oxidation sites excluding steroid dienone is 12. The average Bonchev–Trinajstić information content (AvgIpc) is 2.81. The Kier molecular flexibility index (Phi) is 12.9. The smallest absolute Gasteiger partial charge is 0.336 e. The third kappa shape index (κ3) is 10.4. The van der Waals surface area contributed by atoms with E-state index in [0.717, 1.165) is 11.1 Å². The molecular formula is C26H34O9. The van der Waals surface area contributed by atoms with Gasteiger partial charge in [0.15, 0.2) is 0 Å². The summed E-state index contributed by atoms with van der Waals surface area (Å²) in [5, 5.41) is 47.5. The van der Waals surface area contributed by atoms with E-state index in [-0.39, 0.29) is 11.1 Å². The molecule has 0 aromatic heterocycles. The molecule has 35 heavy (non-hydrogen) atoms. The molecule has 1 heterocycles. The highest BCUT2D eigenvalue weighted by Crippen LogP contribution is 2.22. The van der Waals surface area contributed by atoms with Gasteiger partial charge >= 0.3 is 11.9 Å². The van der Waals surface area contributed by atoms with Crippen LogP contribution in [0.15, 0.2) is 83.1 Å². The van der Waals surface area contributed by atoms with E-state index >= 15 is 0 Å². The summed E-state index contributed by atoms with van der Waals surface area (Å²) in [6.45, 7) is 6.16. The number of hydrogen-bond donors (Lipinski definition) is 5. The second-order valence-corrected chi connectivity index (χ2v) is 8.03. The maximum absolute atomic E-state index is 12.2. The first-order valence-electron chi connectivity index (χ1n) is 10.9. The lowest BCUT2D eigenvalue weighted by Gasteiger charge is -2.39. The van der Waals surface area contributed by atoms with Crippen molar-refractivity contribution in [2.75, 3.05) is 6.61 Å². The number of carbonyl (C=O) groups excluding carboxylic acids is 1. The van der Waals surface area contributed by atoms with Crippen molar-refractivity contribution in [1.29, 1.82) is 0 Å². The first-order valence-corrected chi connectivity index (χ1v) is 10.9. The zero-order valence-electron chi connectivity index (χ0n) is 20.2. The fraction of sp³-hybridized carbons (Fsp3) is 0.385. The third-order valence-electron chi connectivity index (χ3n) is 4.97. The predicted octanol–water partition coefficient (Wildman–Crippen LogP) is 1.87. The van der Waals surface area contributed by atoms with Crippen LogP contribution in [0.3, 0.4) is 0 Å². The number of aliphatic hydroxyl groups excluding tert-OH is 4. The van der Waals surface area contributed by atoms with Gasteiger partial charge in [0.05, 0.1) is 6.61 Å². The van der Waals surface area contributed by atoms with E-state index < -0.39 is 49.3 Å². The van der Waals surface area contributed by atoms with Gasteiger partial charge in [-0.1, -0.05) is 71.9 Å². The first kappa shape index (κ1) is 30.0. The molecule has 9 nitrogen and oxygen atoms in total. The highest BCUT2D eigenvalue weighted by molar-refractivity contribution is 5.88. The summed E-state index contributed by atoms with van der Waals surface area (Å²) in [5.41, 5.74) is 2.29. The molecule has 1 saturated heterocycles. The Morgan fingerprint density at radius 3 is 1.77 bits per heavy atom. The zero-order valence-corrected chi connectivity index (χ0v) is 20.2.